The van der Waals surface area contributed by atoms with Crippen LogP contribution in [0.3, 0.4) is 0 Å². The average molecular weight is 589 g/mol. The molecular formula is C42H28N4. The van der Waals surface area contributed by atoms with E-state index in [1.807, 2.05) is 61.2 Å². The lowest BCUT2D eigenvalue weighted by molar-refractivity contribution is 1.29. The highest BCUT2D eigenvalue weighted by Gasteiger charge is 2.19. The molecule has 4 heteroatoms. The number of benzene rings is 5. The molecule has 0 amide bonds. The van der Waals surface area contributed by atoms with Crippen LogP contribution < -0.4 is 0 Å². The number of aromatic nitrogens is 4. The standard InChI is InChI=1S/C42H28N4/c1-3-7-33(8-4-1)37-19-20-38(34-9-5-2-6-10-34)42-41(37)45-39(35-15-11-29(12-16-35)31-21-25-43-26-22-31)40(46-42)36-17-13-30(14-18-36)32-23-27-44-28-24-32/h1-28H. The topological polar surface area (TPSA) is 51.6 Å². The van der Waals surface area contributed by atoms with E-state index in [0.29, 0.717) is 0 Å². The molecule has 8 rings (SSSR count). The minimum atomic E-state index is 0.841. The van der Waals surface area contributed by atoms with Gasteiger partial charge < -0.3 is 0 Å². The van der Waals surface area contributed by atoms with E-state index in [-0.39, 0.29) is 0 Å². The van der Waals surface area contributed by atoms with Crippen molar-refractivity contribution in [3.63, 3.8) is 0 Å². The molecule has 46 heavy (non-hydrogen) atoms. The quantitative estimate of drug-likeness (QED) is 0.194. The molecule has 4 nitrogen and oxygen atoms in total. The first-order chi connectivity index (χ1) is 22.8. The molecule has 0 aliphatic carbocycles. The molecule has 0 radical (unpaired) electrons. The Kier molecular flexibility index (Phi) is 7.14. The Morgan fingerprint density at radius 2 is 0.587 bits per heavy atom. The van der Waals surface area contributed by atoms with Crippen molar-refractivity contribution in [3.8, 4) is 67.0 Å². The minimum Gasteiger partial charge on any atom is -0.265 e. The summed E-state index contributed by atoms with van der Waals surface area (Å²) in [6, 6.07) is 50.5. The summed E-state index contributed by atoms with van der Waals surface area (Å²) >= 11 is 0. The fraction of sp³-hybridized carbons (Fsp3) is 0. The third-order valence-corrected chi connectivity index (χ3v) is 8.34. The van der Waals surface area contributed by atoms with Crippen molar-refractivity contribution in [3.05, 3.63) is 170 Å². The van der Waals surface area contributed by atoms with Gasteiger partial charge in [-0.1, -0.05) is 121 Å². The van der Waals surface area contributed by atoms with Crippen molar-refractivity contribution in [2.24, 2.45) is 0 Å². The summed E-state index contributed by atoms with van der Waals surface area (Å²) in [7, 11) is 0. The predicted octanol–water partition coefficient (Wildman–Crippen LogP) is 10.4. The Bertz CT molecular complexity index is 2090. The Balaban J connectivity index is 1.37. The molecule has 0 unspecified atom stereocenters. The molecule has 0 N–H and O–H groups in total. The lowest BCUT2D eigenvalue weighted by Crippen LogP contribution is -1.99. The maximum Gasteiger partial charge on any atom is 0.0979 e. The first-order valence-electron chi connectivity index (χ1n) is 15.3. The number of hydrogen-bond acceptors (Lipinski definition) is 4. The second kappa shape index (κ2) is 12.0. The Hall–Kier alpha value is -6.26. The van der Waals surface area contributed by atoms with Gasteiger partial charge >= 0.3 is 0 Å². The molecule has 0 spiro atoms. The first-order valence-corrected chi connectivity index (χ1v) is 15.3. The monoisotopic (exact) mass is 588 g/mol. The molecule has 3 aromatic heterocycles. The van der Waals surface area contributed by atoms with Crippen LogP contribution in [0.4, 0.5) is 0 Å². The molecule has 0 saturated carbocycles. The molecule has 0 aliphatic heterocycles. The van der Waals surface area contributed by atoms with Crippen LogP contribution in [0.2, 0.25) is 0 Å². The van der Waals surface area contributed by atoms with Gasteiger partial charge in [-0.15, -0.1) is 0 Å². The maximum absolute atomic E-state index is 5.49. The number of hydrogen-bond donors (Lipinski definition) is 0. The largest absolute Gasteiger partial charge is 0.265 e. The van der Waals surface area contributed by atoms with Gasteiger partial charge in [-0.05, 0) is 57.6 Å². The van der Waals surface area contributed by atoms with E-state index in [0.717, 1.165) is 78.1 Å². The van der Waals surface area contributed by atoms with Crippen LogP contribution in [0.1, 0.15) is 0 Å². The van der Waals surface area contributed by atoms with Gasteiger partial charge in [-0.3, -0.25) is 9.97 Å². The second-order valence-corrected chi connectivity index (χ2v) is 11.1. The van der Waals surface area contributed by atoms with Crippen molar-refractivity contribution in [2.45, 2.75) is 0 Å². The van der Waals surface area contributed by atoms with E-state index < -0.39 is 0 Å². The van der Waals surface area contributed by atoms with Gasteiger partial charge in [0.1, 0.15) is 0 Å². The fourth-order valence-electron chi connectivity index (χ4n) is 5.97. The summed E-state index contributed by atoms with van der Waals surface area (Å²) in [5, 5.41) is 0. The number of pyridine rings is 2. The summed E-state index contributed by atoms with van der Waals surface area (Å²) in [5.74, 6) is 0. The minimum absolute atomic E-state index is 0.841. The molecule has 0 saturated heterocycles. The Labute approximate surface area is 267 Å². The molecule has 0 atom stereocenters. The van der Waals surface area contributed by atoms with Crippen molar-refractivity contribution < 1.29 is 0 Å². The lowest BCUT2D eigenvalue weighted by Gasteiger charge is -2.16. The lowest BCUT2D eigenvalue weighted by atomic mass is 9.95. The van der Waals surface area contributed by atoms with E-state index in [4.69, 9.17) is 9.97 Å². The summed E-state index contributed by atoms with van der Waals surface area (Å²) in [6.45, 7) is 0. The second-order valence-electron chi connectivity index (χ2n) is 11.1. The summed E-state index contributed by atoms with van der Waals surface area (Å²) < 4.78 is 0. The van der Waals surface area contributed by atoms with E-state index in [2.05, 4.69) is 119 Å². The first kappa shape index (κ1) is 27.3. The number of fused-ring (bicyclic) bond motifs is 1. The van der Waals surface area contributed by atoms with Crippen LogP contribution >= 0.6 is 0 Å². The van der Waals surface area contributed by atoms with Gasteiger partial charge in [-0.25, -0.2) is 9.97 Å². The van der Waals surface area contributed by atoms with Gasteiger partial charge in [0, 0.05) is 47.0 Å². The Morgan fingerprint density at radius 1 is 0.261 bits per heavy atom. The van der Waals surface area contributed by atoms with E-state index >= 15 is 0 Å². The smallest absolute Gasteiger partial charge is 0.0979 e. The normalized spacial score (nSPS) is 11.0. The van der Waals surface area contributed by atoms with Crippen molar-refractivity contribution in [2.75, 3.05) is 0 Å². The Morgan fingerprint density at radius 3 is 0.957 bits per heavy atom. The van der Waals surface area contributed by atoms with Crippen LogP contribution in [0, 0.1) is 0 Å². The molecule has 5 aromatic carbocycles. The molecule has 0 aliphatic rings. The maximum atomic E-state index is 5.49. The average Bonchev–Trinajstić information content (AvgIpc) is 3.15. The summed E-state index contributed by atoms with van der Waals surface area (Å²) in [4.78, 5) is 19.3. The molecule has 0 bridgehead atoms. The highest BCUT2D eigenvalue weighted by Crippen LogP contribution is 2.39. The highest BCUT2D eigenvalue weighted by atomic mass is 14.8. The van der Waals surface area contributed by atoms with Crippen molar-refractivity contribution in [1.82, 2.24) is 19.9 Å². The van der Waals surface area contributed by atoms with Crippen LogP contribution in [0.15, 0.2) is 170 Å². The van der Waals surface area contributed by atoms with Crippen LogP contribution in [0.5, 0.6) is 0 Å². The molecule has 216 valence electrons. The zero-order chi connectivity index (χ0) is 30.7. The number of rotatable bonds is 6. The van der Waals surface area contributed by atoms with Gasteiger partial charge in [0.05, 0.1) is 22.4 Å². The summed E-state index contributed by atoms with van der Waals surface area (Å²) in [5.41, 5.74) is 14.2. The zero-order valence-corrected chi connectivity index (χ0v) is 25.0. The van der Waals surface area contributed by atoms with Gasteiger partial charge in [0.15, 0.2) is 0 Å². The predicted molar refractivity (Wildman–Crippen MR) is 188 cm³/mol. The van der Waals surface area contributed by atoms with E-state index in [1.54, 1.807) is 0 Å². The number of nitrogens with zero attached hydrogens (tertiary/aromatic N) is 4. The van der Waals surface area contributed by atoms with E-state index in [1.165, 1.54) is 0 Å². The molecule has 8 aromatic rings. The molecule has 3 heterocycles. The van der Waals surface area contributed by atoms with Gasteiger partial charge in [-0.2, -0.15) is 0 Å². The van der Waals surface area contributed by atoms with Crippen molar-refractivity contribution >= 4 is 11.0 Å². The van der Waals surface area contributed by atoms with Crippen LogP contribution in [-0.2, 0) is 0 Å². The van der Waals surface area contributed by atoms with Gasteiger partial charge in [0.2, 0.25) is 0 Å². The third kappa shape index (κ3) is 5.23. The van der Waals surface area contributed by atoms with Crippen LogP contribution in [0.25, 0.3) is 78.1 Å². The summed E-state index contributed by atoms with van der Waals surface area (Å²) in [6.07, 6.45) is 7.28. The van der Waals surface area contributed by atoms with E-state index in [9.17, 15) is 0 Å². The van der Waals surface area contributed by atoms with Gasteiger partial charge in [0.25, 0.3) is 0 Å². The SMILES string of the molecule is c1ccc(-c2ccc(-c3ccccc3)c3nc(-c4ccc(-c5ccncc5)cc4)c(-c4ccc(-c5ccncc5)cc4)nc23)cc1. The zero-order valence-electron chi connectivity index (χ0n) is 25.0. The third-order valence-electron chi connectivity index (χ3n) is 8.34. The highest BCUT2D eigenvalue weighted by molar-refractivity contribution is 6.03. The van der Waals surface area contributed by atoms with Crippen molar-refractivity contribution in [1.29, 1.82) is 0 Å². The molecule has 0 fully saturated rings. The fourth-order valence-corrected chi connectivity index (χ4v) is 5.97. The van der Waals surface area contributed by atoms with Crippen LogP contribution in [-0.4, -0.2) is 19.9 Å². The molecular weight excluding hydrogens is 560 g/mol.